The Bertz CT molecular complexity index is 1180. The molecular weight excluding hydrogens is 476 g/mol. The van der Waals surface area contributed by atoms with E-state index in [0.29, 0.717) is 35.3 Å². The highest BCUT2D eigenvalue weighted by atomic mass is 32.2. The zero-order chi connectivity index (χ0) is 25.5. The van der Waals surface area contributed by atoms with Crippen LogP contribution in [-0.4, -0.2) is 55.6 Å². The Balaban J connectivity index is 1.24. The molecule has 10 heteroatoms. The number of hydrogen-bond donors (Lipinski definition) is 3. The van der Waals surface area contributed by atoms with Crippen molar-refractivity contribution >= 4 is 40.6 Å². The van der Waals surface area contributed by atoms with Gasteiger partial charge in [-0.2, -0.15) is 4.98 Å². The normalized spacial score (nSPS) is 17.3. The Morgan fingerprint density at radius 2 is 1.81 bits per heavy atom. The molecule has 1 saturated carbocycles. The van der Waals surface area contributed by atoms with Crippen molar-refractivity contribution in [3.63, 3.8) is 0 Å². The second-order valence-corrected chi connectivity index (χ2v) is 10.1. The van der Waals surface area contributed by atoms with Crippen molar-refractivity contribution in [2.45, 2.75) is 43.5 Å². The standard InChI is InChI=1S/C26H34N6O3S/c1-32(2)24-20-9-5-6-10-21(20)29-25(30-24)28-18-12-14-19(15-13-18)36-31-26(33)27-16-17-8-7-11-22(34-3)23(17)35-4/h5-11,18-19H,12-16H2,1-4H3,(H2,27,31,33)(H,28,29,30)/t18-,19+. The summed E-state index contributed by atoms with van der Waals surface area (Å²) in [5.41, 5.74) is 1.79. The van der Waals surface area contributed by atoms with Gasteiger partial charge in [-0.05, 0) is 55.8 Å². The van der Waals surface area contributed by atoms with Gasteiger partial charge in [-0.15, -0.1) is 0 Å². The third-order valence-electron chi connectivity index (χ3n) is 6.26. The van der Waals surface area contributed by atoms with Crippen LogP contribution >= 0.6 is 11.9 Å². The molecule has 1 fully saturated rings. The van der Waals surface area contributed by atoms with E-state index in [1.54, 1.807) is 14.2 Å². The average molecular weight is 511 g/mol. The zero-order valence-corrected chi connectivity index (χ0v) is 22.0. The molecule has 4 rings (SSSR count). The van der Waals surface area contributed by atoms with Crippen molar-refractivity contribution in [3.8, 4) is 11.5 Å². The van der Waals surface area contributed by atoms with Crippen LogP contribution in [0.5, 0.6) is 11.5 Å². The number of hydrogen-bond acceptors (Lipinski definition) is 8. The van der Waals surface area contributed by atoms with E-state index in [2.05, 4.69) is 15.4 Å². The third-order valence-corrected chi connectivity index (χ3v) is 7.36. The Labute approximate surface area is 216 Å². The second-order valence-electron chi connectivity index (χ2n) is 8.96. The van der Waals surface area contributed by atoms with Crippen molar-refractivity contribution in [1.82, 2.24) is 20.0 Å². The molecule has 2 amide bonds. The maximum absolute atomic E-state index is 12.4. The molecule has 0 saturated heterocycles. The lowest BCUT2D eigenvalue weighted by Gasteiger charge is -2.29. The highest BCUT2D eigenvalue weighted by Crippen LogP contribution is 2.31. The minimum absolute atomic E-state index is 0.217. The van der Waals surface area contributed by atoms with Crippen LogP contribution in [0.4, 0.5) is 16.6 Å². The lowest BCUT2D eigenvalue weighted by atomic mass is 9.95. The number of carbonyl (C=O) groups excluding carboxylic acids is 1. The maximum atomic E-state index is 12.4. The first-order valence-corrected chi connectivity index (χ1v) is 13.0. The fraction of sp³-hybridized carbons (Fsp3) is 0.423. The summed E-state index contributed by atoms with van der Waals surface area (Å²) < 4.78 is 13.7. The molecule has 1 aromatic heterocycles. The van der Waals surface area contributed by atoms with Gasteiger partial charge in [0.2, 0.25) is 5.95 Å². The molecule has 1 heterocycles. The first-order chi connectivity index (χ1) is 17.5. The summed E-state index contributed by atoms with van der Waals surface area (Å²) in [5.74, 6) is 2.85. The maximum Gasteiger partial charge on any atom is 0.325 e. The molecule has 0 radical (unpaired) electrons. The molecule has 0 atom stereocenters. The van der Waals surface area contributed by atoms with E-state index in [-0.39, 0.29) is 6.03 Å². The quantitative estimate of drug-likeness (QED) is 0.360. The number of ether oxygens (including phenoxy) is 2. The molecule has 1 aliphatic carbocycles. The molecule has 0 spiro atoms. The Hall–Kier alpha value is -3.40. The number of anilines is 2. The number of amides is 2. The van der Waals surface area contributed by atoms with Crippen LogP contribution in [0, 0.1) is 0 Å². The third kappa shape index (κ3) is 6.23. The summed E-state index contributed by atoms with van der Waals surface area (Å²) in [5, 5.41) is 7.84. The summed E-state index contributed by atoms with van der Waals surface area (Å²) in [6, 6.07) is 13.8. The first-order valence-electron chi connectivity index (χ1n) is 12.1. The van der Waals surface area contributed by atoms with Gasteiger partial charge in [0.05, 0.1) is 19.7 Å². The van der Waals surface area contributed by atoms with Crippen molar-refractivity contribution in [1.29, 1.82) is 0 Å². The van der Waals surface area contributed by atoms with Crippen LogP contribution in [0.3, 0.4) is 0 Å². The van der Waals surface area contributed by atoms with Gasteiger partial charge in [0.15, 0.2) is 11.5 Å². The minimum Gasteiger partial charge on any atom is -0.493 e. The van der Waals surface area contributed by atoms with Gasteiger partial charge in [0.25, 0.3) is 0 Å². The molecule has 0 unspecified atom stereocenters. The average Bonchev–Trinajstić information content (AvgIpc) is 2.90. The summed E-state index contributed by atoms with van der Waals surface area (Å²) in [7, 11) is 7.18. The predicted octanol–water partition coefficient (Wildman–Crippen LogP) is 4.58. The van der Waals surface area contributed by atoms with E-state index in [0.717, 1.165) is 48.0 Å². The summed E-state index contributed by atoms with van der Waals surface area (Å²) >= 11 is 1.49. The Kier molecular flexibility index (Phi) is 8.58. The van der Waals surface area contributed by atoms with E-state index in [9.17, 15) is 4.79 Å². The molecule has 3 N–H and O–H groups in total. The number of methoxy groups -OCH3 is 2. The van der Waals surface area contributed by atoms with E-state index in [4.69, 9.17) is 19.4 Å². The summed E-state index contributed by atoms with van der Waals surface area (Å²) in [6.45, 7) is 0.351. The SMILES string of the molecule is COc1cccc(CNC(=O)NS[C@H]2CC[C@@H](Nc3nc(N(C)C)c4ccccc4n3)CC2)c1OC. The number of aromatic nitrogens is 2. The number of para-hydroxylation sites is 2. The smallest absolute Gasteiger partial charge is 0.325 e. The predicted molar refractivity (Wildman–Crippen MR) is 146 cm³/mol. The highest BCUT2D eigenvalue weighted by Gasteiger charge is 2.23. The lowest BCUT2D eigenvalue weighted by molar-refractivity contribution is 0.246. The number of rotatable bonds is 9. The monoisotopic (exact) mass is 510 g/mol. The molecule has 0 bridgehead atoms. The number of urea groups is 1. The highest BCUT2D eigenvalue weighted by molar-refractivity contribution is 7.98. The Morgan fingerprint density at radius 3 is 2.53 bits per heavy atom. The molecular formula is C26H34N6O3S. The van der Waals surface area contributed by atoms with Crippen molar-refractivity contribution < 1.29 is 14.3 Å². The van der Waals surface area contributed by atoms with E-state index < -0.39 is 0 Å². The fourth-order valence-corrected chi connectivity index (χ4v) is 5.27. The largest absolute Gasteiger partial charge is 0.493 e. The van der Waals surface area contributed by atoms with Gasteiger partial charge in [0.1, 0.15) is 5.82 Å². The van der Waals surface area contributed by atoms with Crippen molar-refractivity contribution in [2.75, 3.05) is 38.5 Å². The van der Waals surface area contributed by atoms with Gasteiger partial charge in [-0.25, -0.2) is 9.78 Å². The number of nitrogens with zero attached hydrogens (tertiary/aromatic N) is 3. The minimum atomic E-state index is -0.217. The Morgan fingerprint density at radius 1 is 1.03 bits per heavy atom. The molecule has 36 heavy (non-hydrogen) atoms. The second kappa shape index (κ2) is 12.0. The molecule has 2 aromatic carbocycles. The van der Waals surface area contributed by atoms with Gasteiger partial charge in [0, 0.05) is 42.9 Å². The lowest BCUT2D eigenvalue weighted by Crippen LogP contribution is -2.34. The van der Waals surface area contributed by atoms with Crippen LogP contribution in [0.1, 0.15) is 31.2 Å². The summed E-state index contributed by atoms with van der Waals surface area (Å²) in [4.78, 5) is 23.9. The number of benzene rings is 2. The topological polar surface area (TPSA) is 101 Å². The van der Waals surface area contributed by atoms with Gasteiger partial charge in [-0.3, -0.25) is 4.72 Å². The van der Waals surface area contributed by atoms with Crippen LogP contribution < -0.4 is 29.7 Å². The zero-order valence-electron chi connectivity index (χ0n) is 21.2. The van der Waals surface area contributed by atoms with Gasteiger partial charge >= 0.3 is 6.03 Å². The fourth-order valence-electron chi connectivity index (χ4n) is 4.41. The number of fused-ring (bicyclic) bond motifs is 1. The first kappa shape index (κ1) is 25.7. The molecule has 0 aliphatic heterocycles. The van der Waals surface area contributed by atoms with E-state index in [1.807, 2.05) is 61.5 Å². The molecule has 3 aromatic rings. The molecule has 9 nitrogen and oxygen atoms in total. The molecule has 1 aliphatic rings. The van der Waals surface area contributed by atoms with E-state index >= 15 is 0 Å². The number of carbonyl (C=O) groups is 1. The van der Waals surface area contributed by atoms with Crippen LogP contribution in [0.2, 0.25) is 0 Å². The summed E-state index contributed by atoms with van der Waals surface area (Å²) in [6.07, 6.45) is 3.99. The number of nitrogens with one attached hydrogen (secondary N) is 3. The van der Waals surface area contributed by atoms with Crippen LogP contribution in [0.15, 0.2) is 42.5 Å². The van der Waals surface area contributed by atoms with Gasteiger partial charge < -0.3 is 25.0 Å². The molecule has 192 valence electrons. The van der Waals surface area contributed by atoms with Crippen molar-refractivity contribution in [3.05, 3.63) is 48.0 Å². The van der Waals surface area contributed by atoms with Crippen LogP contribution in [-0.2, 0) is 6.54 Å². The van der Waals surface area contributed by atoms with Crippen molar-refractivity contribution in [2.24, 2.45) is 0 Å². The van der Waals surface area contributed by atoms with E-state index in [1.165, 1.54) is 11.9 Å². The van der Waals surface area contributed by atoms with Crippen LogP contribution in [0.25, 0.3) is 10.9 Å². The van der Waals surface area contributed by atoms with Gasteiger partial charge in [-0.1, -0.05) is 24.3 Å².